The fraction of sp³-hybridized carbons (Fsp3) is 0.300. The van der Waals surface area contributed by atoms with Crippen LogP contribution in [0, 0.1) is 17.1 Å². The van der Waals surface area contributed by atoms with Crippen molar-refractivity contribution < 1.29 is 14.6 Å². The average Bonchev–Trinajstić information content (AvgIpc) is 2.26. The number of nitriles is 1. The van der Waals surface area contributed by atoms with Gasteiger partial charge in [0, 0.05) is 12.1 Å². The lowest BCUT2D eigenvalue weighted by Gasteiger charge is -2.12. The molecule has 1 aromatic carbocycles. The van der Waals surface area contributed by atoms with Crippen LogP contribution in [0.5, 0.6) is 0 Å². The number of nitrogens with zero attached hydrogens (tertiary/aromatic N) is 1. The van der Waals surface area contributed by atoms with Gasteiger partial charge in [-0.25, -0.2) is 4.39 Å². The minimum absolute atomic E-state index is 0.0585. The quantitative estimate of drug-likeness (QED) is 0.622. The molecule has 0 aliphatic heterocycles. The van der Waals surface area contributed by atoms with Crippen molar-refractivity contribution in [3.8, 4) is 6.07 Å². The Morgan fingerprint density at radius 1 is 1.47 bits per heavy atom. The third-order valence-electron chi connectivity index (χ3n) is 2.07. The van der Waals surface area contributed by atoms with Crippen molar-refractivity contribution >= 4 is 0 Å². The van der Waals surface area contributed by atoms with Gasteiger partial charge in [0.2, 0.25) is 0 Å². The second kappa shape index (κ2) is 4.84. The van der Waals surface area contributed by atoms with Gasteiger partial charge in [-0.2, -0.15) is 5.26 Å². The van der Waals surface area contributed by atoms with E-state index in [0.717, 1.165) is 6.07 Å². The summed E-state index contributed by atoms with van der Waals surface area (Å²) >= 11 is 0. The van der Waals surface area contributed by atoms with Gasteiger partial charge in [0.25, 0.3) is 0 Å². The fourth-order valence-corrected chi connectivity index (χ4v) is 1.17. The van der Waals surface area contributed by atoms with Crippen LogP contribution in [0.4, 0.5) is 4.39 Å². The molecule has 0 heterocycles. The number of hydrogen-bond acceptors (Lipinski definition) is 4. The maximum Gasteiger partial charge on any atom is 0.170 e. The normalized spacial score (nSPS) is 14.3. The van der Waals surface area contributed by atoms with E-state index in [-0.39, 0.29) is 12.1 Å². The number of nitrogens with two attached hydrogens (primary N) is 1. The van der Waals surface area contributed by atoms with Crippen LogP contribution in [-0.2, 0) is 6.54 Å². The molecule has 0 aromatic heterocycles. The second-order valence-electron chi connectivity index (χ2n) is 3.07. The molecule has 5 heteroatoms. The van der Waals surface area contributed by atoms with Gasteiger partial charge in [-0.3, -0.25) is 0 Å². The number of aliphatic hydroxyl groups is 2. The lowest BCUT2D eigenvalue weighted by molar-refractivity contribution is 0.0526. The third kappa shape index (κ3) is 2.50. The van der Waals surface area contributed by atoms with Gasteiger partial charge in [0.05, 0.1) is 6.07 Å². The Hall–Kier alpha value is -1.48. The molecule has 15 heavy (non-hydrogen) atoms. The molecule has 4 nitrogen and oxygen atoms in total. The van der Waals surface area contributed by atoms with Gasteiger partial charge in [-0.15, -0.1) is 0 Å². The van der Waals surface area contributed by atoms with Crippen molar-refractivity contribution in [1.29, 1.82) is 5.26 Å². The van der Waals surface area contributed by atoms with Crippen molar-refractivity contribution in [3.05, 3.63) is 35.1 Å². The zero-order chi connectivity index (χ0) is 11.4. The molecule has 2 atom stereocenters. The molecule has 1 rings (SSSR count). The van der Waals surface area contributed by atoms with Crippen LogP contribution in [0.2, 0.25) is 0 Å². The summed E-state index contributed by atoms with van der Waals surface area (Å²) in [6.07, 6.45) is -2.97. The Labute approximate surface area is 86.4 Å². The summed E-state index contributed by atoms with van der Waals surface area (Å²) in [4.78, 5) is 0. The molecule has 0 saturated heterocycles. The first-order valence-electron chi connectivity index (χ1n) is 4.34. The molecule has 0 radical (unpaired) electrons. The highest BCUT2D eigenvalue weighted by molar-refractivity contribution is 5.27. The first-order valence-corrected chi connectivity index (χ1v) is 4.34. The summed E-state index contributed by atoms with van der Waals surface area (Å²) in [7, 11) is 0. The number of aliphatic hydroxyl groups excluding tert-OH is 2. The molecule has 2 unspecified atom stereocenters. The van der Waals surface area contributed by atoms with E-state index in [0.29, 0.717) is 5.56 Å². The summed E-state index contributed by atoms with van der Waals surface area (Å²) in [5.41, 5.74) is 5.73. The fourth-order valence-electron chi connectivity index (χ4n) is 1.17. The third-order valence-corrected chi connectivity index (χ3v) is 2.07. The number of hydrogen-bond donors (Lipinski definition) is 3. The van der Waals surface area contributed by atoms with E-state index in [1.807, 2.05) is 0 Å². The summed E-state index contributed by atoms with van der Waals surface area (Å²) in [6, 6.07) is 5.37. The van der Waals surface area contributed by atoms with Gasteiger partial charge in [-0.1, -0.05) is 12.1 Å². The zero-order valence-electron chi connectivity index (χ0n) is 7.89. The topological polar surface area (TPSA) is 90.3 Å². The first kappa shape index (κ1) is 11.6. The maximum atomic E-state index is 13.2. The Bertz CT molecular complexity index is 389. The van der Waals surface area contributed by atoms with Crippen molar-refractivity contribution in [1.82, 2.24) is 0 Å². The van der Waals surface area contributed by atoms with Crippen LogP contribution in [-0.4, -0.2) is 16.3 Å². The molecular formula is C10H11FN2O2. The van der Waals surface area contributed by atoms with Crippen molar-refractivity contribution in [3.63, 3.8) is 0 Å². The first-order chi connectivity index (χ1) is 7.10. The van der Waals surface area contributed by atoms with E-state index >= 15 is 0 Å². The van der Waals surface area contributed by atoms with Gasteiger partial charge in [-0.05, 0) is 11.6 Å². The molecule has 80 valence electrons. The van der Waals surface area contributed by atoms with Crippen molar-refractivity contribution in [2.75, 3.05) is 0 Å². The SMILES string of the molecule is N#CC(O)C(O)c1ccc(CN)c(F)c1. The Morgan fingerprint density at radius 3 is 2.60 bits per heavy atom. The molecule has 0 aliphatic carbocycles. The molecule has 0 bridgehead atoms. The van der Waals surface area contributed by atoms with E-state index in [1.165, 1.54) is 18.2 Å². The van der Waals surface area contributed by atoms with Crippen LogP contribution in [0.1, 0.15) is 17.2 Å². The van der Waals surface area contributed by atoms with Crippen LogP contribution < -0.4 is 5.73 Å². The number of benzene rings is 1. The maximum absolute atomic E-state index is 13.2. The Morgan fingerprint density at radius 2 is 2.13 bits per heavy atom. The second-order valence-corrected chi connectivity index (χ2v) is 3.07. The van der Waals surface area contributed by atoms with Gasteiger partial charge >= 0.3 is 0 Å². The zero-order valence-corrected chi connectivity index (χ0v) is 7.89. The van der Waals surface area contributed by atoms with E-state index < -0.39 is 18.0 Å². The largest absolute Gasteiger partial charge is 0.385 e. The highest BCUT2D eigenvalue weighted by Gasteiger charge is 2.18. The summed E-state index contributed by atoms with van der Waals surface area (Å²) in [5.74, 6) is -0.556. The van der Waals surface area contributed by atoms with Crippen LogP contribution in [0.3, 0.4) is 0 Å². The molecular weight excluding hydrogens is 199 g/mol. The molecule has 0 amide bonds. The molecule has 0 fully saturated rings. The summed E-state index contributed by atoms with van der Waals surface area (Å²) in [6.45, 7) is 0.0585. The summed E-state index contributed by atoms with van der Waals surface area (Å²) in [5, 5.41) is 26.8. The van der Waals surface area contributed by atoms with E-state index in [1.54, 1.807) is 0 Å². The van der Waals surface area contributed by atoms with Crippen molar-refractivity contribution in [2.45, 2.75) is 18.8 Å². The standard InChI is InChI=1S/C10H11FN2O2/c11-8-3-6(1-2-7(8)4-12)10(15)9(14)5-13/h1-3,9-10,14-15H,4,12H2. The minimum Gasteiger partial charge on any atom is -0.385 e. The number of rotatable bonds is 3. The minimum atomic E-state index is -1.56. The lowest BCUT2D eigenvalue weighted by atomic mass is 10.0. The van der Waals surface area contributed by atoms with E-state index in [2.05, 4.69) is 0 Å². The molecule has 1 aromatic rings. The predicted octanol–water partition coefficient (Wildman–Crippen LogP) is 0.202. The van der Waals surface area contributed by atoms with Gasteiger partial charge in [0.15, 0.2) is 6.10 Å². The smallest absolute Gasteiger partial charge is 0.170 e. The van der Waals surface area contributed by atoms with Crippen molar-refractivity contribution in [2.24, 2.45) is 5.73 Å². The average molecular weight is 210 g/mol. The Kier molecular flexibility index (Phi) is 3.74. The van der Waals surface area contributed by atoms with E-state index in [4.69, 9.17) is 16.1 Å². The van der Waals surface area contributed by atoms with Crippen LogP contribution in [0.15, 0.2) is 18.2 Å². The summed E-state index contributed by atoms with van der Waals surface area (Å²) < 4.78 is 13.2. The molecule has 0 aliphatic rings. The highest BCUT2D eigenvalue weighted by atomic mass is 19.1. The predicted molar refractivity (Wildman–Crippen MR) is 50.9 cm³/mol. The van der Waals surface area contributed by atoms with E-state index in [9.17, 15) is 9.50 Å². The molecule has 4 N–H and O–H groups in total. The molecule has 0 saturated carbocycles. The number of halogens is 1. The lowest BCUT2D eigenvalue weighted by Crippen LogP contribution is -2.16. The Balaban J connectivity index is 2.98. The van der Waals surface area contributed by atoms with Crippen LogP contribution >= 0.6 is 0 Å². The monoisotopic (exact) mass is 210 g/mol. The highest BCUT2D eigenvalue weighted by Crippen LogP contribution is 2.19. The molecule has 0 spiro atoms. The van der Waals surface area contributed by atoms with Gasteiger partial charge < -0.3 is 15.9 Å². The van der Waals surface area contributed by atoms with Crippen LogP contribution in [0.25, 0.3) is 0 Å². The van der Waals surface area contributed by atoms with Gasteiger partial charge in [0.1, 0.15) is 11.9 Å².